The molecule has 9 nitrogen and oxygen atoms in total. The van der Waals surface area contributed by atoms with Crippen LogP contribution in [0.5, 0.6) is 0 Å². The van der Waals surface area contributed by atoms with E-state index >= 15 is 0 Å². The fourth-order valence-electron chi connectivity index (χ4n) is 5.34. The van der Waals surface area contributed by atoms with E-state index in [0.717, 1.165) is 51.9 Å². The third-order valence-corrected chi connectivity index (χ3v) is 7.21. The molecule has 9 heteroatoms. The molecular weight excluding hydrogens is 412 g/mol. The number of aromatic nitrogens is 1. The molecule has 1 aliphatic carbocycles. The third kappa shape index (κ3) is 3.74. The maximum Gasteiger partial charge on any atom is 0.341 e. The molecule has 3 aliphatic rings. The Morgan fingerprint density at radius 3 is 2.28 bits per heavy atom. The first kappa shape index (κ1) is 20.9. The summed E-state index contributed by atoms with van der Waals surface area (Å²) in [4.78, 5) is 40.5. The van der Waals surface area contributed by atoms with Crippen molar-refractivity contribution in [2.75, 3.05) is 31.1 Å². The maximum atomic E-state index is 12.8. The number of hydrogen-bond acceptors (Lipinski definition) is 6. The van der Waals surface area contributed by atoms with Gasteiger partial charge in [-0.1, -0.05) is 6.42 Å². The van der Waals surface area contributed by atoms with Crippen LogP contribution in [-0.2, 0) is 0 Å². The summed E-state index contributed by atoms with van der Waals surface area (Å²) in [5, 5.41) is 21.5. The highest BCUT2D eigenvalue weighted by molar-refractivity contribution is 5.95. The van der Waals surface area contributed by atoms with Crippen LogP contribution in [0.4, 0.5) is 11.4 Å². The minimum atomic E-state index is -1.31. The van der Waals surface area contributed by atoms with Gasteiger partial charge in [0.15, 0.2) is 0 Å². The van der Waals surface area contributed by atoms with Gasteiger partial charge in [-0.25, -0.2) is 4.79 Å². The second-order valence-corrected chi connectivity index (χ2v) is 9.25. The number of aromatic carboxylic acids is 1. The Morgan fingerprint density at radius 1 is 1.00 bits per heavy atom. The van der Waals surface area contributed by atoms with Crippen LogP contribution in [0, 0.1) is 10.1 Å². The average Bonchev–Trinajstić information content (AvgIpc) is 3.64. The van der Waals surface area contributed by atoms with Gasteiger partial charge < -0.3 is 19.5 Å². The zero-order valence-electron chi connectivity index (χ0n) is 18.0. The quantitative estimate of drug-likeness (QED) is 0.561. The van der Waals surface area contributed by atoms with E-state index in [4.69, 9.17) is 0 Å². The number of anilines is 1. The van der Waals surface area contributed by atoms with Gasteiger partial charge >= 0.3 is 5.97 Å². The van der Waals surface area contributed by atoms with Crippen molar-refractivity contribution >= 4 is 28.2 Å². The molecule has 32 heavy (non-hydrogen) atoms. The van der Waals surface area contributed by atoms with Crippen molar-refractivity contribution in [3.8, 4) is 0 Å². The first-order valence-electron chi connectivity index (χ1n) is 11.5. The molecule has 0 bridgehead atoms. The van der Waals surface area contributed by atoms with Gasteiger partial charge in [0.1, 0.15) is 11.3 Å². The molecule has 5 rings (SSSR count). The molecular formula is C23H28N4O5. The number of nitro groups is 1. The normalized spacial score (nSPS) is 20.6. The van der Waals surface area contributed by atoms with Gasteiger partial charge in [0.25, 0.3) is 5.69 Å². The lowest BCUT2D eigenvalue weighted by molar-refractivity contribution is -0.384. The summed E-state index contributed by atoms with van der Waals surface area (Å²) in [7, 11) is 0. The molecule has 1 aromatic carbocycles. The molecule has 0 atom stereocenters. The summed E-state index contributed by atoms with van der Waals surface area (Å²) in [6, 6.07) is 3.68. The summed E-state index contributed by atoms with van der Waals surface area (Å²) in [6.45, 7) is 3.74. The molecule has 2 aliphatic heterocycles. The van der Waals surface area contributed by atoms with E-state index in [2.05, 4.69) is 9.80 Å². The fraction of sp³-hybridized carbons (Fsp3) is 0.565. The summed E-state index contributed by atoms with van der Waals surface area (Å²) in [6.07, 6.45) is 8.93. The van der Waals surface area contributed by atoms with E-state index in [1.807, 2.05) is 4.57 Å². The molecule has 0 spiro atoms. The second-order valence-electron chi connectivity index (χ2n) is 9.25. The standard InChI is InChI=1S/C23H28N4O5/c28-22-17-12-21(27(31)32)20(13-19(17)26(16-4-5-16)14-18(22)23(29)30)25-10-6-15(7-11-25)24-8-2-1-3-9-24/h12-16H,1-11H2,(H,29,30). The number of rotatable bonds is 5. The Kier molecular flexibility index (Phi) is 5.36. The number of benzene rings is 1. The van der Waals surface area contributed by atoms with Crippen molar-refractivity contribution in [3.63, 3.8) is 0 Å². The lowest BCUT2D eigenvalue weighted by Gasteiger charge is -2.40. The Bertz CT molecular complexity index is 1130. The van der Waals surface area contributed by atoms with E-state index in [-0.39, 0.29) is 22.7 Å². The van der Waals surface area contributed by atoms with Crippen LogP contribution in [0.1, 0.15) is 61.3 Å². The minimum absolute atomic E-state index is 0.107. The number of likely N-dealkylation sites (tertiary alicyclic amines) is 1. The van der Waals surface area contributed by atoms with Crippen LogP contribution in [0.2, 0.25) is 0 Å². The van der Waals surface area contributed by atoms with Crippen molar-refractivity contribution in [2.24, 2.45) is 0 Å². The highest BCUT2D eigenvalue weighted by Gasteiger charge is 2.32. The number of carboxylic acids is 1. The minimum Gasteiger partial charge on any atom is -0.477 e. The Morgan fingerprint density at radius 2 is 1.69 bits per heavy atom. The zero-order chi connectivity index (χ0) is 22.4. The second kappa shape index (κ2) is 8.20. The monoisotopic (exact) mass is 440 g/mol. The molecule has 2 saturated heterocycles. The van der Waals surface area contributed by atoms with E-state index in [1.54, 1.807) is 6.07 Å². The largest absolute Gasteiger partial charge is 0.477 e. The number of nitro benzene ring substituents is 1. The first-order valence-corrected chi connectivity index (χ1v) is 11.5. The summed E-state index contributed by atoms with van der Waals surface area (Å²) < 4.78 is 1.83. The predicted molar refractivity (Wildman–Crippen MR) is 121 cm³/mol. The van der Waals surface area contributed by atoms with Crippen molar-refractivity contribution in [1.82, 2.24) is 9.47 Å². The fourth-order valence-corrected chi connectivity index (χ4v) is 5.34. The van der Waals surface area contributed by atoms with Crippen molar-refractivity contribution in [2.45, 2.75) is 57.0 Å². The Hall–Kier alpha value is -2.94. The van der Waals surface area contributed by atoms with Crippen LogP contribution in [0.3, 0.4) is 0 Å². The number of fused-ring (bicyclic) bond motifs is 1. The van der Waals surface area contributed by atoms with Crippen LogP contribution < -0.4 is 10.3 Å². The molecule has 170 valence electrons. The van der Waals surface area contributed by atoms with Gasteiger partial charge in [-0.15, -0.1) is 0 Å². The van der Waals surface area contributed by atoms with Gasteiger partial charge in [0, 0.05) is 37.4 Å². The van der Waals surface area contributed by atoms with Gasteiger partial charge in [0.05, 0.1) is 15.8 Å². The number of nitrogens with zero attached hydrogens (tertiary/aromatic N) is 4. The van der Waals surface area contributed by atoms with Gasteiger partial charge in [-0.2, -0.15) is 0 Å². The average molecular weight is 441 g/mol. The van der Waals surface area contributed by atoms with Crippen LogP contribution in [0.15, 0.2) is 23.1 Å². The van der Waals surface area contributed by atoms with E-state index in [1.165, 1.54) is 31.5 Å². The SMILES string of the molecule is O=C(O)c1cn(C2CC2)c2cc(N3CCC(N4CCCCC4)CC3)c([N+](=O)[O-])cc2c1=O. The highest BCUT2D eigenvalue weighted by atomic mass is 16.6. The molecule has 3 fully saturated rings. The molecule has 1 aromatic heterocycles. The number of hydrogen-bond donors (Lipinski definition) is 1. The highest BCUT2D eigenvalue weighted by Crippen LogP contribution is 2.40. The van der Waals surface area contributed by atoms with Crippen molar-refractivity contribution < 1.29 is 14.8 Å². The van der Waals surface area contributed by atoms with Gasteiger partial charge in [-0.05, 0) is 57.7 Å². The molecule has 0 radical (unpaired) electrons. The van der Waals surface area contributed by atoms with E-state index in [0.29, 0.717) is 17.2 Å². The molecule has 0 amide bonds. The number of pyridine rings is 1. The van der Waals surface area contributed by atoms with Gasteiger partial charge in [-0.3, -0.25) is 14.9 Å². The first-order chi connectivity index (χ1) is 15.4. The van der Waals surface area contributed by atoms with Crippen LogP contribution in [-0.4, -0.2) is 57.7 Å². The molecule has 0 unspecified atom stereocenters. The topological polar surface area (TPSA) is 109 Å². The van der Waals surface area contributed by atoms with E-state index < -0.39 is 16.3 Å². The molecule has 1 saturated carbocycles. The van der Waals surface area contributed by atoms with Crippen molar-refractivity contribution in [3.05, 3.63) is 44.2 Å². The predicted octanol–water partition coefficient (Wildman–Crippen LogP) is 3.40. The zero-order valence-corrected chi connectivity index (χ0v) is 18.0. The molecule has 3 heterocycles. The smallest absolute Gasteiger partial charge is 0.341 e. The molecule has 1 N–H and O–H groups in total. The number of piperidine rings is 2. The number of carboxylic acid groups (broad SMARTS) is 1. The van der Waals surface area contributed by atoms with E-state index in [9.17, 15) is 24.8 Å². The Labute approximate surface area is 185 Å². The molecule has 2 aromatic rings. The lowest BCUT2D eigenvalue weighted by Crippen LogP contribution is -2.46. The maximum absolute atomic E-state index is 12.8. The van der Waals surface area contributed by atoms with Crippen LogP contribution in [0.25, 0.3) is 10.9 Å². The lowest BCUT2D eigenvalue weighted by atomic mass is 9.99. The summed E-state index contributed by atoms with van der Waals surface area (Å²) in [5.74, 6) is -1.31. The van der Waals surface area contributed by atoms with Crippen LogP contribution >= 0.6 is 0 Å². The van der Waals surface area contributed by atoms with Crippen molar-refractivity contribution in [1.29, 1.82) is 0 Å². The third-order valence-electron chi connectivity index (χ3n) is 7.21. The Balaban J connectivity index is 1.53. The summed E-state index contributed by atoms with van der Waals surface area (Å²) >= 11 is 0. The summed E-state index contributed by atoms with van der Waals surface area (Å²) in [5.41, 5.74) is -0.0229. The van der Waals surface area contributed by atoms with Gasteiger partial charge in [0.2, 0.25) is 5.43 Å². The number of carbonyl (C=O) groups is 1.